The van der Waals surface area contributed by atoms with Crippen LogP contribution in [0.15, 0.2) is 35.3 Å². The molecule has 7 nitrogen and oxygen atoms in total. The second kappa shape index (κ2) is 6.73. The third-order valence-electron chi connectivity index (χ3n) is 4.57. The van der Waals surface area contributed by atoms with Crippen molar-refractivity contribution in [2.45, 2.75) is 6.92 Å². The monoisotopic (exact) mass is 402 g/mol. The number of carbonyl (C=O) groups is 2. The lowest BCUT2D eigenvalue weighted by atomic mass is 10.1. The number of nitrogens with one attached hydrogen (secondary N) is 1. The first-order valence-corrected chi connectivity index (χ1v) is 8.55. The molecule has 10 heteroatoms. The molecule has 1 aliphatic rings. The first-order valence-electron chi connectivity index (χ1n) is 8.55. The van der Waals surface area contributed by atoms with Crippen molar-refractivity contribution >= 4 is 28.7 Å². The number of fused-ring (bicyclic) bond motifs is 1. The van der Waals surface area contributed by atoms with E-state index in [4.69, 9.17) is 0 Å². The fourth-order valence-electron chi connectivity index (χ4n) is 3.22. The maximum absolute atomic E-state index is 14.5. The van der Waals surface area contributed by atoms with Crippen LogP contribution in [0.3, 0.4) is 0 Å². The van der Waals surface area contributed by atoms with Crippen molar-refractivity contribution in [3.63, 3.8) is 0 Å². The van der Waals surface area contributed by atoms with Gasteiger partial charge in [0.25, 0.3) is 0 Å². The van der Waals surface area contributed by atoms with Gasteiger partial charge in [0.1, 0.15) is 17.3 Å². The van der Waals surface area contributed by atoms with E-state index in [0.29, 0.717) is 25.2 Å². The molecule has 0 radical (unpaired) electrons. The van der Waals surface area contributed by atoms with Crippen LogP contribution < -0.4 is 15.6 Å². The Morgan fingerprint density at radius 3 is 2.41 bits per heavy atom. The van der Waals surface area contributed by atoms with E-state index in [2.05, 4.69) is 10.3 Å². The second-order valence-corrected chi connectivity index (χ2v) is 6.44. The van der Waals surface area contributed by atoms with E-state index in [-0.39, 0.29) is 22.4 Å². The van der Waals surface area contributed by atoms with Crippen molar-refractivity contribution < 1.29 is 22.8 Å². The van der Waals surface area contributed by atoms with Crippen LogP contribution in [0.4, 0.5) is 23.8 Å². The average Bonchev–Trinajstić information content (AvgIpc) is 3.08. The lowest BCUT2D eigenvalue weighted by Crippen LogP contribution is -2.29. The Morgan fingerprint density at radius 2 is 1.83 bits per heavy atom. The van der Waals surface area contributed by atoms with Crippen LogP contribution in [0.25, 0.3) is 16.7 Å². The van der Waals surface area contributed by atoms with Crippen LogP contribution in [0.2, 0.25) is 0 Å². The van der Waals surface area contributed by atoms with E-state index >= 15 is 0 Å². The highest BCUT2D eigenvalue weighted by atomic mass is 19.1. The smallest absolute Gasteiger partial charge is 0.323 e. The van der Waals surface area contributed by atoms with Crippen LogP contribution in [-0.2, 0) is 0 Å². The Bertz CT molecular complexity index is 1230. The molecule has 4 rings (SSSR count). The minimum atomic E-state index is -1.24. The Hall–Kier alpha value is -3.69. The molecule has 3 aromatic rings. The predicted molar refractivity (Wildman–Crippen MR) is 98.0 cm³/mol. The first-order chi connectivity index (χ1) is 13.8. The van der Waals surface area contributed by atoms with E-state index in [1.807, 2.05) is 0 Å². The van der Waals surface area contributed by atoms with E-state index < -0.39 is 40.4 Å². The van der Waals surface area contributed by atoms with Crippen molar-refractivity contribution in [2.75, 3.05) is 18.0 Å². The molecule has 1 N–H and O–H groups in total. The summed E-state index contributed by atoms with van der Waals surface area (Å²) in [5.41, 5.74) is -1.86. The standard InChI is InChI=1S/C19H13F3N4O3/c1-9(27)12-8-26(16-13(21)6-10(20)7-14(16)22)18-11(17(12)28)2-3-15(24-18)25-5-4-23-19(25)29/h2-3,6-8H,4-5H2,1H3,(H,23,29). The molecule has 0 bridgehead atoms. The highest BCUT2D eigenvalue weighted by Crippen LogP contribution is 2.25. The number of hydrogen-bond donors (Lipinski definition) is 1. The summed E-state index contributed by atoms with van der Waals surface area (Å²) in [7, 11) is 0. The minimum absolute atomic E-state index is 0.0795. The Labute approximate surface area is 161 Å². The van der Waals surface area contributed by atoms with Gasteiger partial charge in [-0.1, -0.05) is 0 Å². The highest BCUT2D eigenvalue weighted by molar-refractivity contribution is 5.98. The summed E-state index contributed by atoms with van der Waals surface area (Å²) in [6.45, 7) is 1.84. The molecule has 29 heavy (non-hydrogen) atoms. The maximum Gasteiger partial charge on any atom is 0.323 e. The number of rotatable bonds is 3. The largest absolute Gasteiger partial charge is 0.336 e. The van der Waals surface area contributed by atoms with Crippen molar-refractivity contribution in [2.24, 2.45) is 0 Å². The van der Waals surface area contributed by atoms with E-state index in [0.717, 1.165) is 17.7 Å². The first kappa shape index (κ1) is 18.7. The molecular formula is C19H13F3N4O3. The van der Waals surface area contributed by atoms with Gasteiger partial charge in [-0.25, -0.2) is 22.9 Å². The number of urea groups is 1. The van der Waals surface area contributed by atoms with Crippen molar-refractivity contribution in [1.82, 2.24) is 14.9 Å². The molecule has 1 fully saturated rings. The summed E-state index contributed by atoms with van der Waals surface area (Å²) in [5.74, 6) is -4.07. The summed E-state index contributed by atoms with van der Waals surface area (Å²) in [4.78, 5) is 42.0. The zero-order valence-corrected chi connectivity index (χ0v) is 15.0. The normalized spacial score (nSPS) is 13.8. The molecule has 0 aliphatic carbocycles. The lowest BCUT2D eigenvalue weighted by Gasteiger charge is -2.17. The lowest BCUT2D eigenvalue weighted by molar-refractivity contribution is 0.101. The summed E-state index contributed by atoms with van der Waals surface area (Å²) >= 11 is 0. The van der Waals surface area contributed by atoms with E-state index in [1.165, 1.54) is 17.0 Å². The molecule has 0 atom stereocenters. The fraction of sp³-hybridized carbons (Fsp3) is 0.158. The molecule has 3 heterocycles. The number of nitrogens with zero attached hydrogens (tertiary/aromatic N) is 3. The van der Waals surface area contributed by atoms with Gasteiger partial charge < -0.3 is 5.32 Å². The Morgan fingerprint density at radius 1 is 1.14 bits per heavy atom. The summed E-state index contributed by atoms with van der Waals surface area (Å²) in [5, 5.41) is 2.51. The molecule has 0 saturated carbocycles. The van der Waals surface area contributed by atoms with Crippen LogP contribution in [0.1, 0.15) is 17.3 Å². The van der Waals surface area contributed by atoms with Crippen LogP contribution in [-0.4, -0.2) is 34.5 Å². The number of amides is 2. The molecule has 2 amide bonds. The maximum atomic E-state index is 14.5. The van der Waals surface area contributed by atoms with Crippen LogP contribution in [0.5, 0.6) is 0 Å². The number of benzene rings is 1. The minimum Gasteiger partial charge on any atom is -0.336 e. The quantitative estimate of drug-likeness (QED) is 0.683. The molecule has 1 saturated heterocycles. The Balaban J connectivity index is 2.08. The van der Waals surface area contributed by atoms with Crippen molar-refractivity contribution in [3.05, 3.63) is 63.7 Å². The molecule has 148 valence electrons. The van der Waals surface area contributed by atoms with Gasteiger partial charge in [0.2, 0.25) is 5.43 Å². The fourth-order valence-corrected chi connectivity index (χ4v) is 3.22. The summed E-state index contributed by atoms with van der Waals surface area (Å²) in [6, 6.07) is 3.28. The van der Waals surface area contributed by atoms with Gasteiger partial charge in [0.15, 0.2) is 23.1 Å². The zero-order valence-electron chi connectivity index (χ0n) is 15.0. The highest BCUT2D eigenvalue weighted by Gasteiger charge is 2.25. The number of pyridine rings is 2. The SMILES string of the molecule is CC(=O)c1cn(-c2c(F)cc(F)cc2F)c2nc(N3CCNC3=O)ccc2c1=O. The zero-order chi connectivity index (χ0) is 20.9. The predicted octanol–water partition coefficient (Wildman–Crippen LogP) is 2.54. The number of anilines is 1. The van der Waals surface area contributed by atoms with Gasteiger partial charge >= 0.3 is 6.03 Å². The van der Waals surface area contributed by atoms with Crippen LogP contribution >= 0.6 is 0 Å². The van der Waals surface area contributed by atoms with E-state index in [1.54, 1.807) is 0 Å². The molecule has 0 unspecified atom stereocenters. The molecule has 1 aromatic carbocycles. The number of hydrogen-bond acceptors (Lipinski definition) is 4. The summed E-state index contributed by atoms with van der Waals surface area (Å²) < 4.78 is 43.2. The third-order valence-corrected chi connectivity index (χ3v) is 4.57. The molecular weight excluding hydrogens is 389 g/mol. The van der Waals surface area contributed by atoms with Crippen molar-refractivity contribution in [1.29, 1.82) is 0 Å². The van der Waals surface area contributed by atoms with Gasteiger partial charge in [0, 0.05) is 31.4 Å². The molecule has 1 aliphatic heterocycles. The number of Topliss-reactive ketones (excluding diaryl/α,β-unsaturated/α-hetero) is 1. The van der Waals surface area contributed by atoms with Gasteiger partial charge in [-0.15, -0.1) is 0 Å². The Kier molecular flexibility index (Phi) is 4.33. The second-order valence-electron chi connectivity index (χ2n) is 6.44. The van der Waals surface area contributed by atoms with Gasteiger partial charge in [-0.3, -0.25) is 19.1 Å². The van der Waals surface area contributed by atoms with E-state index in [9.17, 15) is 27.6 Å². The van der Waals surface area contributed by atoms with Crippen molar-refractivity contribution in [3.8, 4) is 5.69 Å². The molecule has 0 spiro atoms. The van der Waals surface area contributed by atoms with Gasteiger partial charge in [-0.05, 0) is 19.1 Å². The molecule has 2 aromatic heterocycles. The van der Waals surface area contributed by atoms with Gasteiger partial charge in [0.05, 0.1) is 10.9 Å². The number of carbonyl (C=O) groups excluding carboxylic acids is 2. The van der Waals surface area contributed by atoms with Crippen LogP contribution in [0, 0.1) is 17.5 Å². The number of halogens is 3. The van der Waals surface area contributed by atoms with Gasteiger partial charge in [-0.2, -0.15) is 0 Å². The average molecular weight is 402 g/mol. The third kappa shape index (κ3) is 3.02. The number of aromatic nitrogens is 2. The summed E-state index contributed by atoms with van der Waals surface area (Å²) in [6.07, 6.45) is 0.966. The number of ketones is 1. The topological polar surface area (TPSA) is 84.3 Å².